The average Bonchev–Trinajstić information content (AvgIpc) is 2.76. The number of pyridine rings is 1. The number of carbonyl (C=O) groups excluding carboxylic acids is 1. The molecule has 1 aliphatic heterocycles. The number of aryl methyl sites for hydroxylation is 1. The van der Waals surface area contributed by atoms with Crippen LogP contribution in [0.3, 0.4) is 0 Å². The van der Waals surface area contributed by atoms with Crippen LogP contribution in [0.1, 0.15) is 51.8 Å². The Morgan fingerprint density at radius 1 is 1.21 bits per heavy atom. The molecule has 1 saturated heterocycles. The summed E-state index contributed by atoms with van der Waals surface area (Å²) in [5.41, 5.74) is 3.93. The molecule has 6 heteroatoms. The smallest absolute Gasteiger partial charge is 0.254 e. The van der Waals surface area contributed by atoms with E-state index >= 15 is 0 Å². The molecule has 0 spiro atoms. The van der Waals surface area contributed by atoms with E-state index in [1.165, 1.54) is 18.0 Å². The minimum Gasteiger partial charge on any atom is -0.619 e. The topological polar surface area (TPSA) is 73.0 Å². The van der Waals surface area contributed by atoms with Gasteiger partial charge in [-0.1, -0.05) is 30.3 Å². The van der Waals surface area contributed by atoms with Gasteiger partial charge < -0.3 is 10.1 Å². The minimum absolute atomic E-state index is 0.0364. The fourth-order valence-corrected chi connectivity index (χ4v) is 3.94. The lowest BCUT2D eigenvalue weighted by Gasteiger charge is -2.33. The highest BCUT2D eigenvalue weighted by atomic mass is 16.5. The zero-order valence-electron chi connectivity index (χ0n) is 16.5. The number of piperidine rings is 1. The standard InChI is InChI=1S/C23H24N4O2/c1-17-24-15-21(14-18-6-3-2-4-7-18)22(25-17)20-8-5-11-26(16-20)23(28)19-9-12-27(29)13-10-19/h2-4,6-7,9-10,12-13,15,20H,5,8,11,14,16H2,1H3/t20-/m1/s1. The highest BCUT2D eigenvalue weighted by molar-refractivity contribution is 5.94. The van der Waals surface area contributed by atoms with Crippen LogP contribution in [0.2, 0.25) is 0 Å². The monoisotopic (exact) mass is 388 g/mol. The second-order valence-corrected chi connectivity index (χ2v) is 7.53. The van der Waals surface area contributed by atoms with Gasteiger partial charge in [0.05, 0.1) is 11.3 Å². The van der Waals surface area contributed by atoms with Gasteiger partial charge in [0.25, 0.3) is 5.91 Å². The normalized spacial score (nSPS) is 16.6. The lowest BCUT2D eigenvalue weighted by Crippen LogP contribution is -2.40. The van der Waals surface area contributed by atoms with Crippen molar-refractivity contribution in [3.05, 3.63) is 94.5 Å². The van der Waals surface area contributed by atoms with Crippen molar-refractivity contribution < 1.29 is 9.52 Å². The maximum atomic E-state index is 12.9. The van der Waals surface area contributed by atoms with E-state index < -0.39 is 0 Å². The molecule has 3 heterocycles. The fourth-order valence-electron chi connectivity index (χ4n) is 3.94. The van der Waals surface area contributed by atoms with Crippen LogP contribution >= 0.6 is 0 Å². The van der Waals surface area contributed by atoms with Gasteiger partial charge in [0.15, 0.2) is 12.4 Å². The van der Waals surface area contributed by atoms with Crippen molar-refractivity contribution in [2.24, 2.45) is 0 Å². The number of benzene rings is 1. The van der Waals surface area contributed by atoms with Crippen LogP contribution in [0.4, 0.5) is 0 Å². The molecule has 6 nitrogen and oxygen atoms in total. The predicted octanol–water partition coefficient (Wildman–Crippen LogP) is 3.03. The first-order valence-corrected chi connectivity index (χ1v) is 9.94. The van der Waals surface area contributed by atoms with Gasteiger partial charge in [-0.2, -0.15) is 4.73 Å². The van der Waals surface area contributed by atoms with Crippen molar-refractivity contribution in [3.63, 3.8) is 0 Å². The van der Waals surface area contributed by atoms with Crippen LogP contribution in [0, 0.1) is 12.1 Å². The van der Waals surface area contributed by atoms with E-state index in [9.17, 15) is 10.0 Å². The highest BCUT2D eigenvalue weighted by Gasteiger charge is 2.28. The van der Waals surface area contributed by atoms with Crippen LogP contribution in [0.25, 0.3) is 0 Å². The molecule has 1 atom stereocenters. The number of aromatic nitrogens is 3. The van der Waals surface area contributed by atoms with Crippen molar-refractivity contribution >= 4 is 5.91 Å². The van der Waals surface area contributed by atoms with Crippen LogP contribution < -0.4 is 4.73 Å². The van der Waals surface area contributed by atoms with Gasteiger partial charge in [-0.25, -0.2) is 9.97 Å². The van der Waals surface area contributed by atoms with Crippen LogP contribution in [0.5, 0.6) is 0 Å². The molecule has 0 aliphatic carbocycles. The Balaban J connectivity index is 1.57. The molecule has 0 radical (unpaired) electrons. The summed E-state index contributed by atoms with van der Waals surface area (Å²) < 4.78 is 0.690. The molecule has 148 valence electrons. The summed E-state index contributed by atoms with van der Waals surface area (Å²) in [7, 11) is 0. The second kappa shape index (κ2) is 8.39. The van der Waals surface area contributed by atoms with E-state index in [0.29, 0.717) is 16.8 Å². The summed E-state index contributed by atoms with van der Waals surface area (Å²) >= 11 is 0. The van der Waals surface area contributed by atoms with Crippen molar-refractivity contribution in [2.75, 3.05) is 13.1 Å². The molecule has 0 saturated carbocycles. The van der Waals surface area contributed by atoms with Crippen molar-refractivity contribution in [3.8, 4) is 0 Å². The van der Waals surface area contributed by atoms with Gasteiger partial charge in [-0.05, 0) is 30.9 Å². The number of nitrogens with zero attached hydrogens (tertiary/aromatic N) is 4. The van der Waals surface area contributed by atoms with E-state index in [-0.39, 0.29) is 11.8 Å². The van der Waals surface area contributed by atoms with E-state index in [1.807, 2.05) is 36.2 Å². The van der Waals surface area contributed by atoms with Gasteiger partial charge in [-0.15, -0.1) is 0 Å². The number of likely N-dealkylation sites (tertiary alicyclic amines) is 1. The minimum atomic E-state index is -0.0364. The Morgan fingerprint density at radius 2 is 1.97 bits per heavy atom. The van der Waals surface area contributed by atoms with Gasteiger partial charge in [-0.3, -0.25) is 4.79 Å². The van der Waals surface area contributed by atoms with Crippen LogP contribution in [-0.4, -0.2) is 33.9 Å². The van der Waals surface area contributed by atoms with Gasteiger partial charge in [0.1, 0.15) is 5.82 Å². The first-order chi connectivity index (χ1) is 14.1. The van der Waals surface area contributed by atoms with Crippen molar-refractivity contribution in [1.29, 1.82) is 0 Å². The molecule has 0 unspecified atom stereocenters. The number of hydrogen-bond acceptors (Lipinski definition) is 4. The van der Waals surface area contributed by atoms with E-state index in [1.54, 1.807) is 12.1 Å². The highest BCUT2D eigenvalue weighted by Crippen LogP contribution is 2.29. The Hall–Kier alpha value is -3.28. The molecule has 1 aliphatic rings. The zero-order valence-corrected chi connectivity index (χ0v) is 16.5. The van der Waals surface area contributed by atoms with Crippen LogP contribution in [-0.2, 0) is 6.42 Å². The first kappa shape index (κ1) is 19.1. The molecular formula is C23H24N4O2. The maximum Gasteiger partial charge on any atom is 0.254 e. The summed E-state index contributed by atoms with van der Waals surface area (Å²) in [5, 5.41) is 11.3. The van der Waals surface area contributed by atoms with Gasteiger partial charge in [0.2, 0.25) is 0 Å². The SMILES string of the molecule is Cc1ncc(Cc2ccccc2)c([C@@H]2CCCN(C(=O)c3cc[n+]([O-])cc3)C2)n1. The second-order valence-electron chi connectivity index (χ2n) is 7.53. The lowest BCUT2D eigenvalue weighted by molar-refractivity contribution is -0.605. The molecule has 1 fully saturated rings. The molecule has 3 aromatic rings. The third kappa shape index (κ3) is 4.42. The number of rotatable bonds is 4. The number of amides is 1. The fraction of sp³-hybridized carbons (Fsp3) is 0.304. The van der Waals surface area contributed by atoms with Gasteiger partial charge in [0, 0.05) is 43.8 Å². The molecule has 1 aromatic carbocycles. The average molecular weight is 388 g/mol. The number of carbonyl (C=O) groups is 1. The summed E-state index contributed by atoms with van der Waals surface area (Å²) in [6.45, 7) is 3.26. The Labute approximate surface area is 170 Å². The Kier molecular flexibility index (Phi) is 5.51. The molecular weight excluding hydrogens is 364 g/mol. The zero-order chi connectivity index (χ0) is 20.2. The number of hydrogen-bond donors (Lipinski definition) is 0. The van der Waals surface area contributed by atoms with Crippen molar-refractivity contribution in [2.45, 2.75) is 32.1 Å². The molecule has 2 aromatic heterocycles. The van der Waals surface area contributed by atoms with E-state index in [4.69, 9.17) is 4.98 Å². The summed E-state index contributed by atoms with van der Waals surface area (Å²) in [6, 6.07) is 13.5. The molecule has 1 amide bonds. The Bertz CT molecular complexity index is 990. The molecule has 4 rings (SSSR count). The third-order valence-corrected chi connectivity index (χ3v) is 5.40. The van der Waals surface area contributed by atoms with E-state index in [2.05, 4.69) is 17.1 Å². The maximum absolute atomic E-state index is 12.9. The summed E-state index contributed by atoms with van der Waals surface area (Å²) in [4.78, 5) is 24.0. The lowest BCUT2D eigenvalue weighted by atomic mass is 9.90. The van der Waals surface area contributed by atoms with E-state index in [0.717, 1.165) is 42.9 Å². The Morgan fingerprint density at radius 3 is 2.72 bits per heavy atom. The molecule has 0 bridgehead atoms. The molecule has 29 heavy (non-hydrogen) atoms. The molecule has 0 N–H and O–H groups in total. The quantitative estimate of drug-likeness (QED) is 0.509. The predicted molar refractivity (Wildman–Crippen MR) is 109 cm³/mol. The van der Waals surface area contributed by atoms with Gasteiger partial charge >= 0.3 is 0 Å². The first-order valence-electron chi connectivity index (χ1n) is 9.94. The summed E-state index contributed by atoms with van der Waals surface area (Å²) in [5.74, 6) is 0.898. The third-order valence-electron chi connectivity index (χ3n) is 5.40. The van der Waals surface area contributed by atoms with Crippen LogP contribution in [0.15, 0.2) is 61.1 Å². The largest absolute Gasteiger partial charge is 0.619 e. The van der Waals surface area contributed by atoms with Crippen molar-refractivity contribution in [1.82, 2.24) is 14.9 Å². The summed E-state index contributed by atoms with van der Waals surface area (Å²) in [6.07, 6.45) is 7.36.